The lowest BCUT2D eigenvalue weighted by Gasteiger charge is -2.32. The van der Waals surface area contributed by atoms with E-state index in [-0.39, 0.29) is 17.5 Å². The number of halogens is 2. The molecule has 7 nitrogen and oxygen atoms in total. The summed E-state index contributed by atoms with van der Waals surface area (Å²) >= 11 is 5.83. The third-order valence-electron chi connectivity index (χ3n) is 4.31. The number of amides is 1. The monoisotopic (exact) mass is 378 g/mol. The molecule has 1 aromatic carbocycles. The van der Waals surface area contributed by atoms with Crippen molar-refractivity contribution in [3.05, 3.63) is 57.5 Å². The fourth-order valence-electron chi connectivity index (χ4n) is 2.90. The van der Waals surface area contributed by atoms with Crippen LogP contribution in [-0.2, 0) is 4.79 Å². The van der Waals surface area contributed by atoms with Crippen molar-refractivity contribution in [2.75, 3.05) is 23.3 Å². The van der Waals surface area contributed by atoms with Gasteiger partial charge in [-0.3, -0.25) is 14.9 Å². The minimum Gasteiger partial charge on any atom is -0.357 e. The molecule has 136 valence electrons. The zero-order valence-corrected chi connectivity index (χ0v) is 14.4. The molecule has 1 aliphatic heterocycles. The normalized spacial score (nSPS) is 14.9. The van der Waals surface area contributed by atoms with E-state index in [1.807, 2.05) is 6.07 Å². The highest BCUT2D eigenvalue weighted by Crippen LogP contribution is 2.25. The Bertz CT molecular complexity index is 823. The number of nitro groups is 1. The average Bonchev–Trinajstić information content (AvgIpc) is 2.64. The van der Waals surface area contributed by atoms with Gasteiger partial charge in [-0.2, -0.15) is 4.39 Å². The fraction of sp³-hybridized carbons (Fsp3) is 0.294. The second-order valence-electron chi connectivity index (χ2n) is 6.01. The zero-order chi connectivity index (χ0) is 18.7. The Labute approximate surface area is 153 Å². The highest BCUT2D eigenvalue weighted by atomic mass is 35.5. The Morgan fingerprint density at radius 2 is 2.04 bits per heavy atom. The maximum atomic E-state index is 13.4. The van der Waals surface area contributed by atoms with Gasteiger partial charge in [-0.15, -0.1) is 0 Å². The van der Waals surface area contributed by atoms with E-state index in [9.17, 15) is 19.3 Å². The van der Waals surface area contributed by atoms with Gasteiger partial charge in [0.1, 0.15) is 5.82 Å². The van der Waals surface area contributed by atoms with Crippen molar-refractivity contribution < 1.29 is 14.1 Å². The molecule has 3 rings (SSSR count). The summed E-state index contributed by atoms with van der Waals surface area (Å²) in [7, 11) is 0. The number of pyridine rings is 1. The van der Waals surface area contributed by atoms with Gasteiger partial charge in [0.25, 0.3) is 0 Å². The molecule has 1 aliphatic rings. The minimum atomic E-state index is -0.934. The summed E-state index contributed by atoms with van der Waals surface area (Å²) in [6.45, 7) is 1.33. The van der Waals surface area contributed by atoms with Crippen LogP contribution in [0.25, 0.3) is 0 Å². The first-order chi connectivity index (χ1) is 12.4. The Kier molecular flexibility index (Phi) is 5.32. The molecule has 0 spiro atoms. The second kappa shape index (κ2) is 7.65. The number of piperidine rings is 1. The lowest BCUT2D eigenvalue weighted by molar-refractivity contribution is -0.387. The van der Waals surface area contributed by atoms with Crippen molar-refractivity contribution in [2.24, 2.45) is 5.92 Å². The van der Waals surface area contributed by atoms with Gasteiger partial charge >= 0.3 is 5.69 Å². The summed E-state index contributed by atoms with van der Waals surface area (Å²) < 4.78 is 13.4. The number of nitrogens with one attached hydrogen (secondary N) is 1. The molecule has 26 heavy (non-hydrogen) atoms. The SMILES string of the molecule is O=C(Nc1ccc(F)c([N+](=O)[O-])c1)C1CCN(c2ccc(Cl)cn2)CC1. The summed E-state index contributed by atoms with van der Waals surface area (Å²) in [4.78, 5) is 28.7. The molecule has 0 radical (unpaired) electrons. The van der Waals surface area contributed by atoms with Gasteiger partial charge in [0.2, 0.25) is 11.7 Å². The predicted molar refractivity (Wildman–Crippen MR) is 95.9 cm³/mol. The molecule has 0 atom stereocenters. The molecule has 1 saturated heterocycles. The molecule has 9 heteroatoms. The van der Waals surface area contributed by atoms with Gasteiger partial charge in [-0.05, 0) is 37.1 Å². The summed E-state index contributed by atoms with van der Waals surface area (Å²) in [5, 5.41) is 14.0. The van der Waals surface area contributed by atoms with Crippen molar-refractivity contribution in [3.8, 4) is 0 Å². The molecule has 2 heterocycles. The van der Waals surface area contributed by atoms with Crippen molar-refractivity contribution in [1.82, 2.24) is 4.98 Å². The Morgan fingerprint density at radius 1 is 1.31 bits per heavy atom. The van der Waals surface area contributed by atoms with E-state index in [0.717, 1.165) is 18.0 Å². The van der Waals surface area contributed by atoms with Gasteiger partial charge in [0.05, 0.1) is 9.95 Å². The first-order valence-electron chi connectivity index (χ1n) is 8.05. The smallest absolute Gasteiger partial charge is 0.306 e. The Morgan fingerprint density at radius 3 is 2.65 bits per heavy atom. The van der Waals surface area contributed by atoms with Crippen LogP contribution >= 0.6 is 11.6 Å². The molecule has 0 unspecified atom stereocenters. The van der Waals surface area contributed by atoms with Crippen LogP contribution in [0.4, 0.5) is 21.6 Å². The number of carbonyl (C=O) groups is 1. The van der Waals surface area contributed by atoms with E-state index in [0.29, 0.717) is 31.0 Å². The highest BCUT2D eigenvalue weighted by molar-refractivity contribution is 6.30. The number of benzene rings is 1. The van der Waals surface area contributed by atoms with E-state index < -0.39 is 16.4 Å². The molecule has 1 aromatic heterocycles. The van der Waals surface area contributed by atoms with Gasteiger partial charge in [0, 0.05) is 37.0 Å². The number of hydrogen-bond acceptors (Lipinski definition) is 5. The number of rotatable bonds is 4. The maximum absolute atomic E-state index is 13.4. The summed E-state index contributed by atoms with van der Waals surface area (Å²) in [6, 6.07) is 6.92. The molecular formula is C17H16ClFN4O3. The summed E-state index contributed by atoms with van der Waals surface area (Å²) in [6.07, 6.45) is 2.83. The quantitative estimate of drug-likeness (QED) is 0.648. The molecule has 1 N–H and O–H groups in total. The van der Waals surface area contributed by atoms with Crippen molar-refractivity contribution in [1.29, 1.82) is 0 Å². The Balaban J connectivity index is 1.59. The molecule has 2 aromatic rings. The van der Waals surface area contributed by atoms with Crippen molar-refractivity contribution >= 4 is 34.7 Å². The standard InChI is InChI=1S/C17H16ClFN4O3/c18-12-1-4-16(20-10-12)22-7-5-11(6-8-22)17(24)21-13-2-3-14(19)15(9-13)23(25)26/h1-4,9-11H,5-8H2,(H,21,24). The Hall–Kier alpha value is -2.74. The van der Waals surface area contributed by atoms with Crippen LogP contribution in [0.3, 0.4) is 0 Å². The third-order valence-corrected chi connectivity index (χ3v) is 4.54. The highest BCUT2D eigenvalue weighted by Gasteiger charge is 2.26. The van der Waals surface area contributed by atoms with Gasteiger partial charge < -0.3 is 10.2 Å². The van der Waals surface area contributed by atoms with E-state index >= 15 is 0 Å². The molecule has 0 bridgehead atoms. The van der Waals surface area contributed by atoms with Gasteiger partial charge in [0.15, 0.2) is 0 Å². The third kappa shape index (κ3) is 4.08. The minimum absolute atomic E-state index is 0.213. The maximum Gasteiger partial charge on any atom is 0.306 e. The molecule has 0 aliphatic carbocycles. The number of nitro benzene ring substituents is 1. The molecule has 0 saturated carbocycles. The first-order valence-corrected chi connectivity index (χ1v) is 8.43. The van der Waals surface area contributed by atoms with Crippen LogP contribution in [0.1, 0.15) is 12.8 Å². The van der Waals surface area contributed by atoms with Crippen LogP contribution in [0.2, 0.25) is 5.02 Å². The molecule has 1 amide bonds. The van der Waals surface area contributed by atoms with E-state index in [1.165, 1.54) is 6.07 Å². The zero-order valence-electron chi connectivity index (χ0n) is 13.7. The topological polar surface area (TPSA) is 88.4 Å². The van der Waals surface area contributed by atoms with E-state index in [2.05, 4.69) is 15.2 Å². The largest absolute Gasteiger partial charge is 0.357 e. The van der Waals surface area contributed by atoms with Crippen molar-refractivity contribution in [2.45, 2.75) is 12.8 Å². The van der Waals surface area contributed by atoms with E-state index in [4.69, 9.17) is 11.6 Å². The average molecular weight is 379 g/mol. The number of anilines is 2. The van der Waals surface area contributed by atoms with Crippen molar-refractivity contribution in [3.63, 3.8) is 0 Å². The van der Waals surface area contributed by atoms with Crippen LogP contribution in [0.5, 0.6) is 0 Å². The van der Waals surface area contributed by atoms with Crippen LogP contribution in [-0.4, -0.2) is 28.9 Å². The van der Waals surface area contributed by atoms with Crippen LogP contribution in [0, 0.1) is 21.8 Å². The lowest BCUT2D eigenvalue weighted by Crippen LogP contribution is -2.38. The number of nitrogens with zero attached hydrogens (tertiary/aromatic N) is 3. The second-order valence-corrected chi connectivity index (χ2v) is 6.44. The summed E-state index contributed by atoms with van der Waals surface area (Å²) in [5.74, 6) is -0.573. The van der Waals surface area contributed by atoms with E-state index in [1.54, 1.807) is 12.3 Å². The van der Waals surface area contributed by atoms with Crippen LogP contribution < -0.4 is 10.2 Å². The molecule has 1 fully saturated rings. The number of aromatic nitrogens is 1. The van der Waals surface area contributed by atoms with Crippen LogP contribution in [0.15, 0.2) is 36.5 Å². The number of hydrogen-bond donors (Lipinski definition) is 1. The van der Waals surface area contributed by atoms with Gasteiger partial charge in [-0.25, -0.2) is 4.98 Å². The van der Waals surface area contributed by atoms with Gasteiger partial charge in [-0.1, -0.05) is 11.6 Å². The molecular weight excluding hydrogens is 363 g/mol. The fourth-order valence-corrected chi connectivity index (χ4v) is 3.01. The predicted octanol–water partition coefficient (Wildman–Crippen LogP) is 3.64. The first kappa shape index (κ1) is 18.1. The lowest BCUT2D eigenvalue weighted by atomic mass is 9.95. The number of carbonyl (C=O) groups excluding carboxylic acids is 1. The summed E-state index contributed by atoms with van der Waals surface area (Å²) in [5.41, 5.74) is -0.448.